The van der Waals surface area contributed by atoms with E-state index in [0.29, 0.717) is 6.54 Å². The van der Waals surface area contributed by atoms with E-state index < -0.39 is 0 Å². The van der Waals surface area contributed by atoms with Crippen molar-refractivity contribution < 1.29 is 0 Å². The molecule has 2 N–H and O–H groups in total. The van der Waals surface area contributed by atoms with Crippen molar-refractivity contribution in [3.63, 3.8) is 0 Å². The highest BCUT2D eigenvalue weighted by atomic mass is 79.9. The Hall–Kier alpha value is -0.770. The number of hydrogen-bond acceptors (Lipinski definition) is 2. The van der Waals surface area contributed by atoms with Crippen LogP contribution in [0.15, 0.2) is 62.8 Å². The predicted octanol–water partition coefficient (Wildman–Crippen LogP) is 4.06. The molecule has 0 spiro atoms. The van der Waals surface area contributed by atoms with Gasteiger partial charge in [0.1, 0.15) is 0 Å². The van der Waals surface area contributed by atoms with Crippen LogP contribution in [-0.2, 0) is 6.54 Å². The number of rotatable bonds is 3. The van der Waals surface area contributed by atoms with Crippen LogP contribution >= 0.6 is 27.7 Å². The molecule has 0 fully saturated rings. The molecule has 0 amide bonds. The van der Waals surface area contributed by atoms with Gasteiger partial charge in [-0.1, -0.05) is 45.9 Å². The molecule has 0 aromatic heterocycles. The van der Waals surface area contributed by atoms with Gasteiger partial charge in [-0.05, 0) is 35.9 Å². The highest BCUT2D eigenvalue weighted by Gasteiger charge is 1.98. The lowest BCUT2D eigenvalue weighted by Crippen LogP contribution is -1.94. The second-order valence-electron chi connectivity index (χ2n) is 3.41. The molecule has 0 aliphatic carbocycles. The van der Waals surface area contributed by atoms with Gasteiger partial charge in [0.05, 0.1) is 0 Å². The summed E-state index contributed by atoms with van der Waals surface area (Å²) >= 11 is 5.22. The lowest BCUT2D eigenvalue weighted by Gasteiger charge is -2.03. The van der Waals surface area contributed by atoms with E-state index in [4.69, 9.17) is 5.73 Å². The average Bonchev–Trinajstić information content (AvgIpc) is 2.30. The molecular formula is C13H12BrNS. The third kappa shape index (κ3) is 3.11. The summed E-state index contributed by atoms with van der Waals surface area (Å²) in [5.74, 6) is 0. The summed E-state index contributed by atoms with van der Waals surface area (Å²) in [6, 6.07) is 16.6. The van der Waals surface area contributed by atoms with Crippen LogP contribution in [0.5, 0.6) is 0 Å². The zero-order chi connectivity index (χ0) is 11.4. The second kappa shape index (κ2) is 5.53. The predicted molar refractivity (Wildman–Crippen MR) is 72.6 cm³/mol. The topological polar surface area (TPSA) is 26.0 Å². The standard InChI is InChI=1S/C13H12BrNS/c14-11-2-1-3-13(8-11)16-12-6-4-10(9-15)5-7-12/h1-8H,9,15H2. The van der Waals surface area contributed by atoms with Crippen LogP contribution < -0.4 is 5.73 Å². The SMILES string of the molecule is NCc1ccc(Sc2cccc(Br)c2)cc1. The maximum absolute atomic E-state index is 5.56. The van der Waals surface area contributed by atoms with Crippen LogP contribution in [0.25, 0.3) is 0 Å². The Labute approximate surface area is 108 Å². The van der Waals surface area contributed by atoms with Crippen molar-refractivity contribution >= 4 is 27.7 Å². The molecule has 2 aromatic rings. The molecule has 3 heteroatoms. The molecule has 0 radical (unpaired) electrons. The maximum atomic E-state index is 5.56. The van der Waals surface area contributed by atoms with Gasteiger partial charge in [0.15, 0.2) is 0 Å². The molecule has 82 valence electrons. The van der Waals surface area contributed by atoms with Crippen molar-refractivity contribution in [1.82, 2.24) is 0 Å². The lowest BCUT2D eigenvalue weighted by molar-refractivity contribution is 1.07. The summed E-state index contributed by atoms with van der Waals surface area (Å²) in [7, 11) is 0. The highest BCUT2D eigenvalue weighted by Crippen LogP contribution is 2.29. The summed E-state index contributed by atoms with van der Waals surface area (Å²) in [5, 5.41) is 0. The third-order valence-corrected chi connectivity index (χ3v) is 3.68. The first-order valence-corrected chi connectivity index (χ1v) is 6.61. The lowest BCUT2D eigenvalue weighted by atomic mass is 10.2. The summed E-state index contributed by atoms with van der Waals surface area (Å²) in [6.07, 6.45) is 0. The van der Waals surface area contributed by atoms with Gasteiger partial charge < -0.3 is 5.73 Å². The first kappa shape index (κ1) is 11.7. The van der Waals surface area contributed by atoms with Crippen molar-refractivity contribution in [1.29, 1.82) is 0 Å². The molecule has 0 aliphatic rings. The first-order valence-electron chi connectivity index (χ1n) is 5.00. The molecule has 0 aliphatic heterocycles. The third-order valence-electron chi connectivity index (χ3n) is 2.19. The summed E-state index contributed by atoms with van der Waals surface area (Å²) < 4.78 is 1.11. The van der Waals surface area contributed by atoms with E-state index in [0.717, 1.165) is 4.47 Å². The molecular weight excluding hydrogens is 282 g/mol. The van der Waals surface area contributed by atoms with Gasteiger partial charge in [-0.25, -0.2) is 0 Å². The Kier molecular flexibility index (Phi) is 4.04. The quantitative estimate of drug-likeness (QED) is 0.924. The molecule has 0 unspecified atom stereocenters. The van der Waals surface area contributed by atoms with Crippen LogP contribution in [0.4, 0.5) is 0 Å². The largest absolute Gasteiger partial charge is 0.326 e. The number of halogens is 1. The Balaban J connectivity index is 2.14. The van der Waals surface area contributed by atoms with Crippen LogP contribution in [0.2, 0.25) is 0 Å². The minimum absolute atomic E-state index is 0.599. The summed E-state index contributed by atoms with van der Waals surface area (Å²) in [5.41, 5.74) is 6.72. The molecule has 2 aromatic carbocycles. The van der Waals surface area contributed by atoms with E-state index in [2.05, 4.69) is 52.3 Å². The molecule has 1 nitrogen and oxygen atoms in total. The van der Waals surface area contributed by atoms with E-state index in [1.165, 1.54) is 15.4 Å². The Morgan fingerprint density at radius 1 is 1.00 bits per heavy atom. The van der Waals surface area contributed by atoms with Gasteiger partial charge in [-0.3, -0.25) is 0 Å². The first-order chi connectivity index (χ1) is 7.78. The minimum Gasteiger partial charge on any atom is -0.326 e. The molecule has 2 rings (SSSR count). The average molecular weight is 294 g/mol. The molecule has 16 heavy (non-hydrogen) atoms. The number of hydrogen-bond donors (Lipinski definition) is 1. The van der Waals surface area contributed by atoms with Crippen molar-refractivity contribution in [2.24, 2.45) is 5.73 Å². The zero-order valence-corrected chi connectivity index (χ0v) is 11.1. The van der Waals surface area contributed by atoms with E-state index in [1.54, 1.807) is 11.8 Å². The van der Waals surface area contributed by atoms with Crippen LogP contribution in [0.3, 0.4) is 0 Å². The fourth-order valence-electron chi connectivity index (χ4n) is 1.36. The van der Waals surface area contributed by atoms with Gasteiger partial charge >= 0.3 is 0 Å². The van der Waals surface area contributed by atoms with Gasteiger partial charge in [0.2, 0.25) is 0 Å². The summed E-state index contributed by atoms with van der Waals surface area (Å²) in [6.45, 7) is 0.599. The molecule has 0 saturated carbocycles. The van der Waals surface area contributed by atoms with Gasteiger partial charge in [-0.2, -0.15) is 0 Å². The van der Waals surface area contributed by atoms with Crippen LogP contribution in [0.1, 0.15) is 5.56 Å². The van der Waals surface area contributed by atoms with Crippen LogP contribution in [0, 0.1) is 0 Å². The van der Waals surface area contributed by atoms with Crippen molar-refractivity contribution in [2.45, 2.75) is 16.3 Å². The molecule has 0 atom stereocenters. The Bertz CT molecular complexity index is 468. The van der Waals surface area contributed by atoms with Gasteiger partial charge in [-0.15, -0.1) is 0 Å². The zero-order valence-electron chi connectivity index (χ0n) is 8.69. The van der Waals surface area contributed by atoms with Crippen LogP contribution in [-0.4, -0.2) is 0 Å². The van der Waals surface area contributed by atoms with Gasteiger partial charge in [0, 0.05) is 20.8 Å². The number of benzene rings is 2. The van der Waals surface area contributed by atoms with E-state index in [1.807, 2.05) is 12.1 Å². The maximum Gasteiger partial charge on any atom is 0.0186 e. The minimum atomic E-state index is 0.599. The Morgan fingerprint density at radius 2 is 1.75 bits per heavy atom. The Morgan fingerprint density at radius 3 is 2.38 bits per heavy atom. The van der Waals surface area contributed by atoms with Crippen molar-refractivity contribution in [3.05, 3.63) is 58.6 Å². The normalized spacial score (nSPS) is 10.4. The fourth-order valence-corrected chi connectivity index (χ4v) is 2.79. The van der Waals surface area contributed by atoms with Gasteiger partial charge in [0.25, 0.3) is 0 Å². The van der Waals surface area contributed by atoms with Crippen molar-refractivity contribution in [3.8, 4) is 0 Å². The molecule has 0 saturated heterocycles. The molecule has 0 heterocycles. The fraction of sp³-hybridized carbons (Fsp3) is 0.0769. The smallest absolute Gasteiger partial charge is 0.0186 e. The highest BCUT2D eigenvalue weighted by molar-refractivity contribution is 9.10. The number of nitrogens with two attached hydrogens (primary N) is 1. The van der Waals surface area contributed by atoms with E-state index in [9.17, 15) is 0 Å². The van der Waals surface area contributed by atoms with Crippen molar-refractivity contribution in [2.75, 3.05) is 0 Å². The molecule has 0 bridgehead atoms. The monoisotopic (exact) mass is 293 g/mol. The van der Waals surface area contributed by atoms with E-state index in [-0.39, 0.29) is 0 Å². The van der Waals surface area contributed by atoms with E-state index >= 15 is 0 Å². The second-order valence-corrected chi connectivity index (χ2v) is 5.47. The summed E-state index contributed by atoms with van der Waals surface area (Å²) in [4.78, 5) is 2.46.